The largest absolute Gasteiger partial charge is 0.339 e. The highest BCUT2D eigenvalue weighted by atomic mass is 16.2. The van der Waals surface area contributed by atoms with Crippen molar-refractivity contribution >= 4 is 11.9 Å². The third-order valence-electron chi connectivity index (χ3n) is 5.65. The average Bonchev–Trinajstić information content (AvgIpc) is 3.22. The Balaban J connectivity index is 1.54. The minimum Gasteiger partial charge on any atom is -0.339 e. The lowest BCUT2D eigenvalue weighted by Gasteiger charge is -2.25. The molecule has 2 aromatic rings. The van der Waals surface area contributed by atoms with Gasteiger partial charge >= 0.3 is 6.03 Å². The molecule has 1 heterocycles. The number of nitrogens with zero attached hydrogens (tertiary/aromatic N) is 2. The number of hydrogen-bond donors (Lipinski definition) is 1. The van der Waals surface area contributed by atoms with Gasteiger partial charge in [-0.15, -0.1) is 0 Å². The van der Waals surface area contributed by atoms with Crippen molar-refractivity contribution in [2.24, 2.45) is 0 Å². The number of hydrogen-bond acceptors (Lipinski definition) is 2. The molecule has 2 aromatic carbocycles. The number of likely N-dealkylation sites (tertiary alicyclic amines) is 1. The molecular weight excluding hydrogens is 362 g/mol. The molecule has 0 aromatic heterocycles. The molecule has 29 heavy (non-hydrogen) atoms. The highest BCUT2D eigenvalue weighted by Crippen LogP contribution is 2.21. The fraction of sp³-hybridized carbons (Fsp3) is 0.417. The zero-order valence-corrected chi connectivity index (χ0v) is 17.4. The second-order valence-corrected chi connectivity index (χ2v) is 7.51. The maximum absolute atomic E-state index is 12.7. The van der Waals surface area contributed by atoms with Gasteiger partial charge in [0.2, 0.25) is 0 Å². The number of rotatable bonds is 7. The second-order valence-electron chi connectivity index (χ2n) is 7.51. The lowest BCUT2D eigenvalue weighted by Crippen LogP contribution is -2.43. The van der Waals surface area contributed by atoms with Crippen LogP contribution >= 0.6 is 0 Å². The van der Waals surface area contributed by atoms with Crippen molar-refractivity contribution in [1.29, 1.82) is 0 Å². The van der Waals surface area contributed by atoms with E-state index < -0.39 is 0 Å². The molecule has 3 rings (SSSR count). The summed E-state index contributed by atoms with van der Waals surface area (Å²) in [5, 5.41) is 3.04. The number of amides is 3. The quantitative estimate of drug-likeness (QED) is 0.770. The summed E-state index contributed by atoms with van der Waals surface area (Å²) >= 11 is 0. The number of urea groups is 1. The molecule has 5 nitrogen and oxygen atoms in total. The fourth-order valence-electron chi connectivity index (χ4n) is 3.94. The van der Waals surface area contributed by atoms with E-state index in [1.807, 2.05) is 61.2 Å². The van der Waals surface area contributed by atoms with E-state index in [0.29, 0.717) is 25.2 Å². The Morgan fingerprint density at radius 1 is 1.00 bits per heavy atom. The molecule has 5 heteroatoms. The molecule has 1 N–H and O–H groups in total. The number of nitrogens with one attached hydrogen (secondary N) is 1. The smallest absolute Gasteiger partial charge is 0.317 e. The minimum absolute atomic E-state index is 0.00766. The normalized spacial score (nSPS) is 15.9. The van der Waals surface area contributed by atoms with Crippen molar-refractivity contribution in [3.63, 3.8) is 0 Å². The lowest BCUT2D eigenvalue weighted by molar-refractivity contribution is 0.0773. The van der Waals surface area contributed by atoms with Crippen LogP contribution in [0.3, 0.4) is 0 Å². The minimum atomic E-state index is -0.00766. The molecule has 1 unspecified atom stereocenters. The molecule has 1 fully saturated rings. The average molecular weight is 394 g/mol. The topological polar surface area (TPSA) is 52.7 Å². The van der Waals surface area contributed by atoms with Crippen LogP contribution in [0.25, 0.3) is 0 Å². The van der Waals surface area contributed by atoms with Gasteiger partial charge in [0.25, 0.3) is 5.91 Å². The summed E-state index contributed by atoms with van der Waals surface area (Å²) in [5.74, 6) is 0.0476. The van der Waals surface area contributed by atoms with E-state index in [9.17, 15) is 9.59 Å². The van der Waals surface area contributed by atoms with Crippen molar-refractivity contribution in [2.45, 2.75) is 45.7 Å². The van der Waals surface area contributed by atoms with E-state index >= 15 is 0 Å². The van der Waals surface area contributed by atoms with Crippen molar-refractivity contribution in [1.82, 2.24) is 15.1 Å². The molecule has 0 aliphatic carbocycles. The molecular formula is C24H31N3O2. The van der Waals surface area contributed by atoms with Crippen LogP contribution in [0.1, 0.15) is 48.2 Å². The van der Waals surface area contributed by atoms with Crippen LogP contribution in [0.2, 0.25) is 0 Å². The maximum Gasteiger partial charge on any atom is 0.317 e. The molecule has 1 atom stereocenters. The molecule has 0 saturated carbocycles. The van der Waals surface area contributed by atoms with Gasteiger partial charge in [-0.25, -0.2) is 4.79 Å². The van der Waals surface area contributed by atoms with E-state index in [4.69, 9.17) is 0 Å². The summed E-state index contributed by atoms with van der Waals surface area (Å²) in [5.41, 5.74) is 2.95. The van der Waals surface area contributed by atoms with Crippen molar-refractivity contribution < 1.29 is 9.59 Å². The van der Waals surface area contributed by atoms with Crippen molar-refractivity contribution in [2.75, 3.05) is 19.6 Å². The number of carbonyl (C=O) groups is 2. The molecule has 1 saturated heterocycles. The van der Waals surface area contributed by atoms with Gasteiger partial charge in [-0.1, -0.05) is 42.5 Å². The predicted octanol–water partition coefficient (Wildman–Crippen LogP) is 4.09. The molecule has 154 valence electrons. The summed E-state index contributed by atoms with van der Waals surface area (Å²) in [6.07, 6.45) is 2.99. The van der Waals surface area contributed by atoms with Gasteiger partial charge < -0.3 is 15.1 Å². The highest BCUT2D eigenvalue weighted by molar-refractivity contribution is 5.94. The van der Waals surface area contributed by atoms with Crippen LogP contribution in [0, 0.1) is 0 Å². The third-order valence-corrected chi connectivity index (χ3v) is 5.65. The summed E-state index contributed by atoms with van der Waals surface area (Å²) in [4.78, 5) is 28.9. The monoisotopic (exact) mass is 393 g/mol. The molecule has 3 amide bonds. The van der Waals surface area contributed by atoms with E-state index in [-0.39, 0.29) is 18.0 Å². The Kier molecular flexibility index (Phi) is 7.28. The third kappa shape index (κ3) is 5.37. The van der Waals surface area contributed by atoms with Gasteiger partial charge in [0.05, 0.1) is 0 Å². The maximum atomic E-state index is 12.7. The van der Waals surface area contributed by atoms with Gasteiger partial charge in [-0.3, -0.25) is 4.79 Å². The Bertz CT molecular complexity index is 801. The van der Waals surface area contributed by atoms with Gasteiger partial charge in [0, 0.05) is 37.8 Å². The first-order valence-corrected chi connectivity index (χ1v) is 10.6. The zero-order valence-electron chi connectivity index (χ0n) is 17.4. The van der Waals surface area contributed by atoms with Crippen LogP contribution in [-0.2, 0) is 13.0 Å². The van der Waals surface area contributed by atoms with Crippen LogP contribution in [0.15, 0.2) is 54.6 Å². The summed E-state index contributed by atoms with van der Waals surface area (Å²) < 4.78 is 0. The zero-order chi connectivity index (χ0) is 20.6. The van der Waals surface area contributed by atoms with Gasteiger partial charge in [-0.2, -0.15) is 0 Å². The Hall–Kier alpha value is -2.82. The lowest BCUT2D eigenvalue weighted by atomic mass is 10.0. The molecule has 0 spiro atoms. The Morgan fingerprint density at radius 3 is 2.34 bits per heavy atom. The summed E-state index contributed by atoms with van der Waals surface area (Å²) in [6, 6.07) is 18.1. The fourth-order valence-corrected chi connectivity index (χ4v) is 3.94. The van der Waals surface area contributed by atoms with Gasteiger partial charge in [-0.05, 0) is 56.4 Å². The van der Waals surface area contributed by atoms with Crippen molar-refractivity contribution in [3.05, 3.63) is 71.3 Å². The van der Waals surface area contributed by atoms with E-state index in [2.05, 4.69) is 17.4 Å². The van der Waals surface area contributed by atoms with Gasteiger partial charge in [0.1, 0.15) is 0 Å². The number of carbonyl (C=O) groups excluding carboxylic acids is 2. The van der Waals surface area contributed by atoms with Crippen LogP contribution in [0.4, 0.5) is 4.79 Å². The van der Waals surface area contributed by atoms with Gasteiger partial charge in [0.15, 0.2) is 0 Å². The van der Waals surface area contributed by atoms with E-state index in [1.54, 1.807) is 4.90 Å². The van der Waals surface area contributed by atoms with E-state index in [0.717, 1.165) is 31.4 Å². The van der Waals surface area contributed by atoms with Crippen molar-refractivity contribution in [3.8, 4) is 0 Å². The Morgan fingerprint density at radius 2 is 1.69 bits per heavy atom. The molecule has 1 aliphatic rings. The molecule has 0 bridgehead atoms. The van der Waals surface area contributed by atoms with Crippen LogP contribution in [-0.4, -0.2) is 47.4 Å². The van der Waals surface area contributed by atoms with Crippen LogP contribution in [0.5, 0.6) is 0 Å². The Labute approximate surface area is 173 Å². The highest BCUT2D eigenvalue weighted by Gasteiger charge is 2.28. The number of benzene rings is 2. The van der Waals surface area contributed by atoms with E-state index in [1.165, 1.54) is 5.56 Å². The standard InChI is InChI=1S/C24H31N3O2/c1-3-26(4-2)23(28)21-14-12-20(13-15-21)18-25-24(29)27-16-8-11-22(27)17-19-9-6-5-7-10-19/h5-7,9-10,12-15,22H,3-4,8,11,16-18H2,1-2H3,(H,25,29). The summed E-state index contributed by atoms with van der Waals surface area (Å²) in [7, 11) is 0. The second kappa shape index (κ2) is 10.1. The van der Waals surface area contributed by atoms with Crippen LogP contribution < -0.4 is 5.32 Å². The molecule has 1 aliphatic heterocycles. The first-order valence-electron chi connectivity index (χ1n) is 10.6. The predicted molar refractivity (Wildman–Crippen MR) is 116 cm³/mol. The summed E-state index contributed by atoms with van der Waals surface area (Å²) in [6.45, 7) is 6.64. The molecule has 0 radical (unpaired) electrons. The first-order chi connectivity index (χ1) is 14.1. The SMILES string of the molecule is CCN(CC)C(=O)c1ccc(CNC(=O)N2CCCC2Cc2ccccc2)cc1. The first kappa shape index (κ1) is 20.9.